The minimum atomic E-state index is -0.868. The van der Waals surface area contributed by atoms with Gasteiger partial charge in [-0.15, -0.1) is 0 Å². The van der Waals surface area contributed by atoms with Gasteiger partial charge in [-0.2, -0.15) is 0 Å². The highest BCUT2D eigenvalue weighted by atomic mass is 35.5. The van der Waals surface area contributed by atoms with E-state index >= 15 is 0 Å². The summed E-state index contributed by atoms with van der Waals surface area (Å²) in [6.07, 6.45) is -0.868. The number of hydrogen-bond acceptors (Lipinski definition) is 3. The number of rotatable bonds is 5. The molecule has 2 rings (SSSR count). The molecule has 0 saturated heterocycles. The summed E-state index contributed by atoms with van der Waals surface area (Å²) in [5.74, 6) is -0.858. The second kappa shape index (κ2) is 7.24. The maximum Gasteiger partial charge on any atom is 0.265 e. The van der Waals surface area contributed by atoms with Gasteiger partial charge in [0.25, 0.3) is 5.91 Å². The van der Waals surface area contributed by atoms with E-state index in [9.17, 15) is 14.0 Å². The third-order valence-corrected chi connectivity index (χ3v) is 3.35. The number of ether oxygens (including phenoxy) is 1. The monoisotopic (exact) mass is 335 g/mol. The first-order valence-corrected chi connectivity index (χ1v) is 7.28. The Balaban J connectivity index is 2.05. The predicted molar refractivity (Wildman–Crippen MR) is 86.6 cm³/mol. The van der Waals surface area contributed by atoms with E-state index in [0.29, 0.717) is 11.3 Å². The number of carbonyl (C=O) groups excluding carboxylic acids is 2. The molecule has 0 radical (unpaired) electrons. The number of carbonyl (C=O) groups is 2. The van der Waals surface area contributed by atoms with Gasteiger partial charge in [-0.3, -0.25) is 9.59 Å². The fraction of sp³-hybridized carbons (Fsp3) is 0.176. The zero-order chi connectivity index (χ0) is 17.0. The smallest absolute Gasteiger partial charge is 0.265 e. The maximum atomic E-state index is 13.7. The highest BCUT2D eigenvalue weighted by Crippen LogP contribution is 2.20. The number of anilines is 1. The quantitative estimate of drug-likeness (QED) is 0.837. The molecule has 120 valence electrons. The van der Waals surface area contributed by atoms with E-state index in [2.05, 4.69) is 5.32 Å². The van der Waals surface area contributed by atoms with Crippen LogP contribution in [0.25, 0.3) is 0 Å². The fourth-order valence-electron chi connectivity index (χ4n) is 1.87. The average Bonchev–Trinajstić information content (AvgIpc) is 2.50. The van der Waals surface area contributed by atoms with Crippen molar-refractivity contribution in [2.24, 2.45) is 0 Å². The van der Waals surface area contributed by atoms with E-state index in [1.165, 1.54) is 26.0 Å². The number of amides is 1. The van der Waals surface area contributed by atoms with Crippen LogP contribution in [0.1, 0.15) is 24.2 Å². The van der Waals surface area contributed by atoms with Crippen molar-refractivity contribution in [3.05, 3.63) is 58.9 Å². The number of Topliss-reactive ketones (excluding diaryl/α,β-unsaturated/α-hetero) is 1. The average molecular weight is 336 g/mol. The third-order valence-electron chi connectivity index (χ3n) is 3.11. The molecule has 0 saturated carbocycles. The molecule has 0 bridgehead atoms. The molecule has 2 aromatic carbocycles. The van der Waals surface area contributed by atoms with Gasteiger partial charge in [-0.25, -0.2) is 4.39 Å². The Morgan fingerprint density at radius 1 is 1.22 bits per heavy atom. The van der Waals surface area contributed by atoms with Crippen LogP contribution in [0.4, 0.5) is 10.1 Å². The van der Waals surface area contributed by atoms with Crippen molar-refractivity contribution >= 4 is 29.0 Å². The van der Waals surface area contributed by atoms with E-state index in [1.807, 2.05) is 0 Å². The summed E-state index contributed by atoms with van der Waals surface area (Å²) in [6, 6.07) is 10.5. The molecule has 0 aliphatic rings. The van der Waals surface area contributed by atoms with Crippen LogP contribution in [0.3, 0.4) is 0 Å². The van der Waals surface area contributed by atoms with E-state index in [4.69, 9.17) is 16.3 Å². The van der Waals surface area contributed by atoms with Crippen molar-refractivity contribution in [1.29, 1.82) is 0 Å². The molecule has 1 amide bonds. The lowest BCUT2D eigenvalue weighted by atomic mass is 10.1. The van der Waals surface area contributed by atoms with Crippen molar-refractivity contribution in [3.63, 3.8) is 0 Å². The van der Waals surface area contributed by atoms with Crippen LogP contribution < -0.4 is 10.1 Å². The van der Waals surface area contributed by atoms with E-state index in [-0.39, 0.29) is 16.5 Å². The number of benzene rings is 2. The van der Waals surface area contributed by atoms with Gasteiger partial charge in [0.1, 0.15) is 11.6 Å². The van der Waals surface area contributed by atoms with Crippen LogP contribution in [0.5, 0.6) is 5.75 Å². The lowest BCUT2D eigenvalue weighted by Gasteiger charge is -2.15. The Bertz CT molecular complexity index is 748. The normalized spacial score (nSPS) is 11.7. The molecule has 1 atom stereocenters. The van der Waals surface area contributed by atoms with Gasteiger partial charge >= 0.3 is 0 Å². The molecule has 23 heavy (non-hydrogen) atoms. The second-order valence-corrected chi connectivity index (χ2v) is 5.39. The molecule has 4 nitrogen and oxygen atoms in total. The Morgan fingerprint density at radius 3 is 2.61 bits per heavy atom. The Hall–Kier alpha value is -2.40. The van der Waals surface area contributed by atoms with Crippen molar-refractivity contribution in [1.82, 2.24) is 0 Å². The van der Waals surface area contributed by atoms with Gasteiger partial charge in [0, 0.05) is 10.6 Å². The van der Waals surface area contributed by atoms with Crippen LogP contribution in [-0.2, 0) is 4.79 Å². The minimum Gasteiger partial charge on any atom is -0.481 e. The summed E-state index contributed by atoms with van der Waals surface area (Å²) >= 11 is 5.66. The fourth-order valence-corrected chi connectivity index (χ4v) is 2.03. The minimum absolute atomic E-state index is 0.0207. The number of ketones is 1. The second-order valence-electron chi connectivity index (χ2n) is 4.96. The van der Waals surface area contributed by atoms with Crippen LogP contribution in [0, 0.1) is 5.82 Å². The lowest BCUT2D eigenvalue weighted by Crippen LogP contribution is -2.30. The summed E-state index contributed by atoms with van der Waals surface area (Å²) in [7, 11) is 0. The van der Waals surface area contributed by atoms with Crippen LogP contribution in [-0.4, -0.2) is 17.8 Å². The molecule has 0 aliphatic carbocycles. The summed E-state index contributed by atoms with van der Waals surface area (Å²) in [4.78, 5) is 23.4. The molecule has 0 unspecified atom stereocenters. The molecule has 0 fully saturated rings. The first-order chi connectivity index (χ1) is 10.9. The van der Waals surface area contributed by atoms with Crippen molar-refractivity contribution < 1.29 is 18.7 Å². The standard InChI is InChI=1S/C17H15ClFNO3/c1-10(21)12-4-3-5-14(8-12)23-11(2)17(22)20-16-7-6-13(18)9-15(16)19/h3-9,11H,1-2H3,(H,20,22)/t11-/m1/s1. The number of halogens is 2. The highest BCUT2D eigenvalue weighted by Gasteiger charge is 2.17. The summed E-state index contributed by atoms with van der Waals surface area (Å²) in [5.41, 5.74) is 0.506. The number of hydrogen-bond donors (Lipinski definition) is 1. The zero-order valence-corrected chi connectivity index (χ0v) is 13.4. The summed E-state index contributed by atoms with van der Waals surface area (Å²) < 4.78 is 19.2. The molecule has 0 heterocycles. The largest absolute Gasteiger partial charge is 0.481 e. The highest BCUT2D eigenvalue weighted by molar-refractivity contribution is 6.30. The van der Waals surface area contributed by atoms with Crippen LogP contribution in [0.2, 0.25) is 5.02 Å². The number of nitrogens with one attached hydrogen (secondary N) is 1. The molecule has 6 heteroatoms. The maximum absolute atomic E-state index is 13.7. The molecule has 1 N–H and O–H groups in total. The van der Waals surface area contributed by atoms with E-state index in [1.54, 1.807) is 24.3 Å². The molecule has 2 aromatic rings. The summed E-state index contributed by atoms with van der Waals surface area (Å²) in [5, 5.41) is 2.67. The van der Waals surface area contributed by atoms with Crippen molar-refractivity contribution in [2.45, 2.75) is 20.0 Å². The molecule has 0 aromatic heterocycles. The molecular weight excluding hydrogens is 321 g/mol. The SMILES string of the molecule is CC(=O)c1cccc(O[C@H](C)C(=O)Nc2ccc(Cl)cc2F)c1. The first-order valence-electron chi connectivity index (χ1n) is 6.90. The van der Waals surface area contributed by atoms with Crippen molar-refractivity contribution in [3.8, 4) is 5.75 Å². The van der Waals surface area contributed by atoms with Gasteiger partial charge in [-0.1, -0.05) is 23.7 Å². The zero-order valence-electron chi connectivity index (χ0n) is 12.6. The van der Waals surface area contributed by atoms with Gasteiger partial charge in [0.05, 0.1) is 5.69 Å². The van der Waals surface area contributed by atoms with Gasteiger partial charge in [-0.05, 0) is 44.2 Å². The van der Waals surface area contributed by atoms with Crippen LogP contribution >= 0.6 is 11.6 Å². The topological polar surface area (TPSA) is 55.4 Å². The lowest BCUT2D eigenvalue weighted by molar-refractivity contribution is -0.122. The third kappa shape index (κ3) is 4.53. The summed E-state index contributed by atoms with van der Waals surface area (Å²) in [6.45, 7) is 2.97. The van der Waals surface area contributed by atoms with Gasteiger partial charge in [0.15, 0.2) is 11.9 Å². The van der Waals surface area contributed by atoms with Gasteiger partial charge in [0.2, 0.25) is 0 Å². The predicted octanol–water partition coefficient (Wildman–Crippen LogP) is 4.09. The molecule has 0 aliphatic heterocycles. The van der Waals surface area contributed by atoms with E-state index in [0.717, 1.165) is 6.07 Å². The molecule has 0 spiro atoms. The van der Waals surface area contributed by atoms with Gasteiger partial charge < -0.3 is 10.1 Å². The Morgan fingerprint density at radius 2 is 1.96 bits per heavy atom. The Kier molecular flexibility index (Phi) is 5.34. The van der Waals surface area contributed by atoms with E-state index < -0.39 is 17.8 Å². The molecular formula is C17H15ClFNO3. The Labute approximate surface area is 138 Å². The first kappa shape index (κ1) is 17.0. The van der Waals surface area contributed by atoms with Crippen molar-refractivity contribution in [2.75, 3.05) is 5.32 Å². The van der Waals surface area contributed by atoms with Crippen LogP contribution in [0.15, 0.2) is 42.5 Å².